The normalized spacial score (nSPS) is 19.3. The Balaban J connectivity index is 1.66. The molecule has 2 aromatic carbocycles. The molecule has 0 saturated carbocycles. The second-order valence-electron chi connectivity index (χ2n) is 8.02. The van der Waals surface area contributed by atoms with Crippen molar-refractivity contribution in [3.05, 3.63) is 58.7 Å². The molecule has 2 nitrogen and oxygen atoms in total. The van der Waals surface area contributed by atoms with E-state index in [1.807, 2.05) is 0 Å². The summed E-state index contributed by atoms with van der Waals surface area (Å²) in [5.41, 5.74) is 8.15. The number of hydrogen-bond acceptors (Lipinski definition) is 2. The molecule has 0 bridgehead atoms. The van der Waals surface area contributed by atoms with Crippen LogP contribution in [0.1, 0.15) is 55.4 Å². The van der Waals surface area contributed by atoms with E-state index in [-0.39, 0.29) is 5.41 Å². The summed E-state index contributed by atoms with van der Waals surface area (Å²) in [4.78, 5) is 2.59. The van der Waals surface area contributed by atoms with Gasteiger partial charge in [0.1, 0.15) is 0 Å². The number of likely N-dealkylation sites (tertiary alicyclic amines) is 1. The van der Waals surface area contributed by atoms with Gasteiger partial charge in [-0.1, -0.05) is 50.1 Å². The summed E-state index contributed by atoms with van der Waals surface area (Å²) in [6.45, 7) is 10.4. The van der Waals surface area contributed by atoms with Gasteiger partial charge >= 0.3 is 0 Å². The summed E-state index contributed by atoms with van der Waals surface area (Å²) < 4.78 is 0. The van der Waals surface area contributed by atoms with E-state index >= 15 is 0 Å². The van der Waals surface area contributed by atoms with E-state index in [0.717, 1.165) is 6.54 Å². The molecule has 0 amide bonds. The van der Waals surface area contributed by atoms with Crippen molar-refractivity contribution in [2.45, 2.75) is 52.0 Å². The van der Waals surface area contributed by atoms with Crippen molar-refractivity contribution >= 4 is 11.4 Å². The van der Waals surface area contributed by atoms with Gasteiger partial charge in [-0.05, 0) is 61.7 Å². The van der Waals surface area contributed by atoms with Crippen LogP contribution in [-0.4, -0.2) is 18.0 Å². The molecule has 1 fully saturated rings. The zero-order valence-electron chi connectivity index (χ0n) is 15.2. The molecule has 126 valence electrons. The lowest BCUT2D eigenvalue weighted by atomic mass is 9.73. The highest BCUT2D eigenvalue weighted by Gasteiger charge is 2.32. The molecule has 2 aliphatic heterocycles. The minimum absolute atomic E-state index is 0.0472. The Hall–Kier alpha value is -1.80. The highest BCUT2D eigenvalue weighted by atomic mass is 15.1. The smallest absolute Gasteiger partial charge is 0.0429 e. The number of aryl methyl sites for hydroxylation is 1. The molecule has 1 N–H and O–H groups in total. The third-order valence-corrected chi connectivity index (χ3v) is 5.73. The largest absolute Gasteiger partial charge is 0.355 e. The lowest BCUT2D eigenvalue weighted by Gasteiger charge is -2.36. The fourth-order valence-corrected chi connectivity index (χ4v) is 4.29. The third kappa shape index (κ3) is 2.73. The molecule has 2 heteroatoms. The average molecular weight is 320 g/mol. The molecule has 0 spiro atoms. The fourth-order valence-electron chi connectivity index (χ4n) is 4.29. The Bertz CT molecular complexity index is 755. The van der Waals surface area contributed by atoms with E-state index < -0.39 is 0 Å². The van der Waals surface area contributed by atoms with Gasteiger partial charge in [0.2, 0.25) is 0 Å². The van der Waals surface area contributed by atoms with Crippen molar-refractivity contribution in [2.24, 2.45) is 0 Å². The second-order valence-corrected chi connectivity index (χ2v) is 8.02. The minimum atomic E-state index is 0.0472. The first-order valence-electron chi connectivity index (χ1n) is 9.28. The van der Waals surface area contributed by atoms with E-state index in [9.17, 15) is 0 Å². The highest BCUT2D eigenvalue weighted by molar-refractivity contribution is 5.76. The maximum absolute atomic E-state index is 3.68. The molecule has 0 aromatic heterocycles. The second kappa shape index (κ2) is 5.93. The summed E-state index contributed by atoms with van der Waals surface area (Å²) in [5, 5.41) is 3.68. The van der Waals surface area contributed by atoms with Crippen LogP contribution in [0, 0.1) is 6.92 Å². The molecular formula is C22H28N2. The van der Waals surface area contributed by atoms with Gasteiger partial charge in [-0.25, -0.2) is 0 Å². The van der Waals surface area contributed by atoms with Crippen molar-refractivity contribution in [3.8, 4) is 0 Å². The first kappa shape index (κ1) is 15.7. The monoisotopic (exact) mass is 320 g/mol. The first-order valence-corrected chi connectivity index (χ1v) is 9.28. The molecule has 0 atom stereocenters. The third-order valence-electron chi connectivity index (χ3n) is 5.73. The summed E-state index contributed by atoms with van der Waals surface area (Å²) in [6.07, 6.45) is 4.10. The quantitative estimate of drug-likeness (QED) is 0.801. The average Bonchev–Trinajstić information content (AvgIpc) is 2.57. The summed E-state index contributed by atoms with van der Waals surface area (Å²) in [5.74, 6) is 0. The van der Waals surface area contributed by atoms with Crippen molar-refractivity contribution in [1.82, 2.24) is 4.90 Å². The Morgan fingerprint density at radius 2 is 1.71 bits per heavy atom. The Morgan fingerprint density at radius 3 is 2.50 bits per heavy atom. The van der Waals surface area contributed by atoms with E-state index in [4.69, 9.17) is 0 Å². The standard InChI is InChI=1S/C22H28N2/c1-16-7-10-20-19(13-16)22(2,3)18-9-8-17(14-21(18)23-20)15-24-11-5-4-6-12-24/h7-10,13-14,23H,4-6,11-12,15H2,1-3H3. The molecule has 2 aromatic rings. The van der Waals surface area contributed by atoms with Crippen LogP contribution in [0.2, 0.25) is 0 Å². The molecule has 0 aliphatic carbocycles. The number of nitrogens with one attached hydrogen (secondary N) is 1. The molecule has 1 saturated heterocycles. The van der Waals surface area contributed by atoms with Crippen LogP contribution in [0.4, 0.5) is 11.4 Å². The number of piperidine rings is 1. The Labute approximate surface area is 145 Å². The maximum Gasteiger partial charge on any atom is 0.0429 e. The number of nitrogens with zero attached hydrogens (tertiary/aromatic N) is 1. The molecule has 0 radical (unpaired) electrons. The van der Waals surface area contributed by atoms with Crippen molar-refractivity contribution < 1.29 is 0 Å². The van der Waals surface area contributed by atoms with Crippen LogP contribution in [0.15, 0.2) is 36.4 Å². The lowest BCUT2D eigenvalue weighted by molar-refractivity contribution is 0.221. The molecule has 2 heterocycles. The maximum atomic E-state index is 3.68. The van der Waals surface area contributed by atoms with Crippen LogP contribution in [0.5, 0.6) is 0 Å². The van der Waals surface area contributed by atoms with Gasteiger partial charge < -0.3 is 5.32 Å². The number of hydrogen-bond donors (Lipinski definition) is 1. The molecule has 24 heavy (non-hydrogen) atoms. The Kier molecular flexibility index (Phi) is 3.88. The van der Waals surface area contributed by atoms with Crippen LogP contribution in [0.3, 0.4) is 0 Å². The number of anilines is 2. The van der Waals surface area contributed by atoms with E-state index in [1.165, 1.54) is 66.0 Å². The SMILES string of the molecule is Cc1ccc2c(c1)C(C)(C)c1ccc(CN3CCCCC3)cc1N2. The lowest BCUT2D eigenvalue weighted by Crippen LogP contribution is -2.29. The Morgan fingerprint density at radius 1 is 0.917 bits per heavy atom. The molecule has 0 unspecified atom stereocenters. The van der Waals surface area contributed by atoms with E-state index in [0.29, 0.717) is 0 Å². The minimum Gasteiger partial charge on any atom is -0.355 e. The molecular weight excluding hydrogens is 292 g/mol. The van der Waals surface area contributed by atoms with Crippen molar-refractivity contribution in [1.29, 1.82) is 0 Å². The summed E-state index contributed by atoms with van der Waals surface area (Å²) in [7, 11) is 0. The molecule has 4 rings (SSSR count). The predicted octanol–water partition coefficient (Wildman–Crippen LogP) is 5.36. The van der Waals surface area contributed by atoms with Gasteiger partial charge in [0, 0.05) is 23.3 Å². The van der Waals surface area contributed by atoms with Crippen LogP contribution >= 0.6 is 0 Å². The number of rotatable bonds is 2. The van der Waals surface area contributed by atoms with Crippen molar-refractivity contribution in [2.75, 3.05) is 18.4 Å². The van der Waals surface area contributed by atoms with Gasteiger partial charge in [-0.15, -0.1) is 0 Å². The van der Waals surface area contributed by atoms with E-state index in [2.05, 4.69) is 67.4 Å². The van der Waals surface area contributed by atoms with Gasteiger partial charge in [-0.3, -0.25) is 4.90 Å². The fraction of sp³-hybridized carbons (Fsp3) is 0.455. The number of benzene rings is 2. The predicted molar refractivity (Wildman–Crippen MR) is 102 cm³/mol. The van der Waals surface area contributed by atoms with E-state index in [1.54, 1.807) is 0 Å². The van der Waals surface area contributed by atoms with Crippen molar-refractivity contribution in [3.63, 3.8) is 0 Å². The van der Waals surface area contributed by atoms with Gasteiger partial charge in [-0.2, -0.15) is 0 Å². The first-order chi connectivity index (χ1) is 11.5. The van der Waals surface area contributed by atoms with Gasteiger partial charge in [0.05, 0.1) is 0 Å². The highest BCUT2D eigenvalue weighted by Crippen LogP contribution is 2.45. The zero-order chi connectivity index (χ0) is 16.7. The van der Waals surface area contributed by atoms with Gasteiger partial charge in [0.15, 0.2) is 0 Å². The van der Waals surface area contributed by atoms with Crippen LogP contribution < -0.4 is 5.32 Å². The van der Waals surface area contributed by atoms with Crippen LogP contribution in [0.25, 0.3) is 0 Å². The zero-order valence-corrected chi connectivity index (χ0v) is 15.2. The topological polar surface area (TPSA) is 15.3 Å². The summed E-state index contributed by atoms with van der Waals surface area (Å²) in [6, 6.07) is 13.8. The summed E-state index contributed by atoms with van der Waals surface area (Å²) >= 11 is 0. The van der Waals surface area contributed by atoms with Gasteiger partial charge in [0.25, 0.3) is 0 Å². The molecule has 2 aliphatic rings. The number of fused-ring (bicyclic) bond motifs is 2. The van der Waals surface area contributed by atoms with Crippen LogP contribution in [-0.2, 0) is 12.0 Å².